The summed E-state index contributed by atoms with van der Waals surface area (Å²) in [5.41, 5.74) is 7.18. The third kappa shape index (κ3) is 2.50. The molecule has 1 aromatic heterocycles. The normalized spacial score (nSPS) is 22.1. The van der Waals surface area contributed by atoms with E-state index in [0.717, 1.165) is 29.4 Å². The van der Waals surface area contributed by atoms with Crippen molar-refractivity contribution in [2.45, 2.75) is 25.0 Å². The third-order valence-electron chi connectivity index (χ3n) is 3.57. The van der Waals surface area contributed by atoms with E-state index in [1.807, 2.05) is 30.3 Å². The molecule has 1 aromatic carbocycles. The summed E-state index contributed by atoms with van der Waals surface area (Å²) in [5.74, 6) is -0.114. The molecule has 1 amide bonds. The van der Waals surface area contributed by atoms with Gasteiger partial charge in [-0.05, 0) is 37.1 Å². The van der Waals surface area contributed by atoms with Gasteiger partial charge >= 0.3 is 0 Å². The lowest BCUT2D eigenvalue weighted by Gasteiger charge is -2.13. The van der Waals surface area contributed by atoms with E-state index in [9.17, 15) is 4.79 Å². The maximum absolute atomic E-state index is 12.2. The third-order valence-corrected chi connectivity index (χ3v) is 3.57. The molecule has 0 spiro atoms. The van der Waals surface area contributed by atoms with Crippen LogP contribution < -0.4 is 11.1 Å². The van der Waals surface area contributed by atoms with E-state index in [2.05, 4.69) is 10.3 Å². The van der Waals surface area contributed by atoms with E-state index in [-0.39, 0.29) is 12.0 Å². The number of hydrogen-bond acceptors (Lipinski definition) is 4. The van der Waals surface area contributed by atoms with Crippen molar-refractivity contribution in [2.24, 2.45) is 5.73 Å². The van der Waals surface area contributed by atoms with Gasteiger partial charge in [-0.25, -0.2) is 0 Å². The smallest absolute Gasteiger partial charge is 0.253 e. The number of aromatic nitrogens is 1. The van der Waals surface area contributed by atoms with Crippen molar-refractivity contribution >= 4 is 22.5 Å². The van der Waals surface area contributed by atoms with Crippen molar-refractivity contribution in [3.63, 3.8) is 0 Å². The van der Waals surface area contributed by atoms with Gasteiger partial charge in [-0.2, -0.15) is 0 Å². The Morgan fingerprint density at radius 2 is 2.25 bits per heavy atom. The summed E-state index contributed by atoms with van der Waals surface area (Å²) in [6.45, 7) is 0.460. The highest BCUT2D eigenvalue weighted by Crippen LogP contribution is 2.24. The fourth-order valence-corrected chi connectivity index (χ4v) is 2.50. The van der Waals surface area contributed by atoms with E-state index in [4.69, 9.17) is 10.5 Å². The minimum absolute atomic E-state index is 0.0000609. The van der Waals surface area contributed by atoms with E-state index >= 15 is 0 Å². The first-order valence-corrected chi connectivity index (χ1v) is 6.78. The fourth-order valence-electron chi connectivity index (χ4n) is 2.50. The molecule has 2 aromatic rings. The van der Waals surface area contributed by atoms with Gasteiger partial charge in [0.1, 0.15) is 6.10 Å². The number of carbonyl (C=O) groups excluding carboxylic acids is 1. The molecule has 1 aliphatic heterocycles. The SMILES string of the molecule is NCC1CCC(C(=O)Nc2cccc3ncccc23)O1. The Morgan fingerprint density at radius 1 is 1.35 bits per heavy atom. The highest BCUT2D eigenvalue weighted by molar-refractivity contribution is 6.02. The fraction of sp³-hybridized carbons (Fsp3) is 0.333. The maximum Gasteiger partial charge on any atom is 0.253 e. The summed E-state index contributed by atoms with van der Waals surface area (Å²) in [7, 11) is 0. The largest absolute Gasteiger partial charge is 0.364 e. The van der Waals surface area contributed by atoms with E-state index in [1.54, 1.807) is 6.20 Å². The first-order chi connectivity index (χ1) is 9.78. The number of amides is 1. The quantitative estimate of drug-likeness (QED) is 0.890. The van der Waals surface area contributed by atoms with E-state index in [1.165, 1.54) is 0 Å². The molecule has 0 radical (unpaired) electrons. The van der Waals surface area contributed by atoms with Gasteiger partial charge in [0.05, 0.1) is 17.3 Å². The average molecular weight is 271 g/mol. The number of carbonyl (C=O) groups is 1. The highest BCUT2D eigenvalue weighted by atomic mass is 16.5. The second kappa shape index (κ2) is 5.56. The molecular formula is C15H17N3O2. The first kappa shape index (κ1) is 13.0. The standard InChI is InChI=1S/C15H17N3O2/c16-9-10-6-7-14(20-10)15(19)18-13-5-1-4-12-11(13)3-2-8-17-12/h1-5,8,10,14H,6-7,9,16H2,(H,18,19). The zero-order valence-corrected chi connectivity index (χ0v) is 11.1. The lowest BCUT2D eigenvalue weighted by molar-refractivity contribution is -0.126. The second-order valence-corrected chi connectivity index (χ2v) is 4.92. The van der Waals surface area contributed by atoms with Gasteiger partial charge in [0.2, 0.25) is 0 Å². The van der Waals surface area contributed by atoms with Crippen LogP contribution in [-0.2, 0) is 9.53 Å². The molecular weight excluding hydrogens is 254 g/mol. The molecule has 3 N–H and O–H groups in total. The average Bonchev–Trinajstić information content (AvgIpc) is 2.97. The summed E-state index contributed by atoms with van der Waals surface area (Å²) in [6.07, 6.45) is 2.89. The number of benzene rings is 1. The monoisotopic (exact) mass is 271 g/mol. The van der Waals surface area contributed by atoms with Crippen molar-refractivity contribution in [1.82, 2.24) is 4.98 Å². The Balaban J connectivity index is 1.78. The molecule has 2 heterocycles. The topological polar surface area (TPSA) is 77.2 Å². The number of ether oxygens (including phenoxy) is 1. The number of anilines is 1. The van der Waals surface area contributed by atoms with Crippen LogP contribution in [0.1, 0.15) is 12.8 Å². The van der Waals surface area contributed by atoms with Crippen LogP contribution in [0.15, 0.2) is 36.5 Å². The van der Waals surface area contributed by atoms with E-state index in [0.29, 0.717) is 6.54 Å². The predicted molar refractivity (Wildman–Crippen MR) is 77.3 cm³/mol. The van der Waals surface area contributed by atoms with Gasteiger partial charge in [-0.15, -0.1) is 0 Å². The first-order valence-electron chi connectivity index (χ1n) is 6.78. The second-order valence-electron chi connectivity index (χ2n) is 4.92. The number of rotatable bonds is 3. The molecule has 2 unspecified atom stereocenters. The summed E-state index contributed by atoms with van der Waals surface area (Å²) in [5, 5.41) is 3.85. The molecule has 5 nitrogen and oxygen atoms in total. The number of hydrogen-bond donors (Lipinski definition) is 2. The highest BCUT2D eigenvalue weighted by Gasteiger charge is 2.29. The molecule has 5 heteroatoms. The van der Waals surface area contributed by atoms with Crippen LogP contribution in [0, 0.1) is 0 Å². The van der Waals surface area contributed by atoms with Gasteiger partial charge < -0.3 is 15.8 Å². The number of fused-ring (bicyclic) bond motifs is 1. The van der Waals surface area contributed by atoms with Crippen LogP contribution in [0.25, 0.3) is 10.9 Å². The molecule has 1 fully saturated rings. The van der Waals surface area contributed by atoms with Crippen LogP contribution in [-0.4, -0.2) is 29.6 Å². The minimum Gasteiger partial charge on any atom is -0.364 e. The number of nitrogens with two attached hydrogens (primary N) is 1. The van der Waals surface area contributed by atoms with Crippen molar-refractivity contribution in [3.05, 3.63) is 36.5 Å². The molecule has 0 aliphatic carbocycles. The van der Waals surface area contributed by atoms with Crippen LogP contribution in [0.3, 0.4) is 0 Å². The Morgan fingerprint density at radius 3 is 3.05 bits per heavy atom. The molecule has 1 aliphatic rings. The van der Waals surface area contributed by atoms with Gasteiger partial charge in [0.15, 0.2) is 0 Å². The molecule has 104 valence electrons. The summed E-state index contributed by atoms with van der Waals surface area (Å²) >= 11 is 0. The molecule has 1 saturated heterocycles. The number of pyridine rings is 1. The predicted octanol–water partition coefficient (Wildman–Crippen LogP) is 1.68. The lowest BCUT2D eigenvalue weighted by Crippen LogP contribution is -2.29. The number of nitrogens with zero attached hydrogens (tertiary/aromatic N) is 1. The number of nitrogens with one attached hydrogen (secondary N) is 1. The van der Waals surface area contributed by atoms with E-state index < -0.39 is 6.10 Å². The minimum atomic E-state index is -0.407. The maximum atomic E-state index is 12.2. The van der Waals surface area contributed by atoms with Crippen LogP contribution >= 0.6 is 0 Å². The molecule has 0 bridgehead atoms. The van der Waals surface area contributed by atoms with Crippen molar-refractivity contribution in [3.8, 4) is 0 Å². The summed E-state index contributed by atoms with van der Waals surface area (Å²) < 4.78 is 5.60. The van der Waals surface area contributed by atoms with Gasteiger partial charge in [0, 0.05) is 18.1 Å². The molecule has 0 saturated carbocycles. The van der Waals surface area contributed by atoms with Crippen molar-refractivity contribution < 1.29 is 9.53 Å². The molecule has 2 atom stereocenters. The van der Waals surface area contributed by atoms with Crippen molar-refractivity contribution in [1.29, 1.82) is 0 Å². The summed E-state index contributed by atoms with van der Waals surface area (Å²) in [4.78, 5) is 16.5. The lowest BCUT2D eigenvalue weighted by atomic mass is 10.1. The Kier molecular flexibility index (Phi) is 3.62. The zero-order valence-electron chi connectivity index (χ0n) is 11.1. The molecule has 20 heavy (non-hydrogen) atoms. The van der Waals surface area contributed by atoms with Gasteiger partial charge in [-0.1, -0.05) is 6.07 Å². The Labute approximate surface area is 117 Å². The Bertz CT molecular complexity index is 624. The van der Waals surface area contributed by atoms with Crippen LogP contribution in [0.5, 0.6) is 0 Å². The zero-order chi connectivity index (χ0) is 13.9. The van der Waals surface area contributed by atoms with Crippen molar-refractivity contribution in [2.75, 3.05) is 11.9 Å². The van der Waals surface area contributed by atoms with Gasteiger partial charge in [-0.3, -0.25) is 9.78 Å². The van der Waals surface area contributed by atoms with Crippen LogP contribution in [0.4, 0.5) is 5.69 Å². The summed E-state index contributed by atoms with van der Waals surface area (Å²) in [6, 6.07) is 9.46. The van der Waals surface area contributed by atoms with Gasteiger partial charge in [0.25, 0.3) is 5.91 Å². The van der Waals surface area contributed by atoms with Crippen LogP contribution in [0.2, 0.25) is 0 Å². The molecule has 3 rings (SSSR count). The Hall–Kier alpha value is -1.98.